The van der Waals surface area contributed by atoms with Gasteiger partial charge in [-0.25, -0.2) is 0 Å². The van der Waals surface area contributed by atoms with Crippen molar-refractivity contribution in [1.82, 2.24) is 0 Å². The van der Waals surface area contributed by atoms with E-state index in [-0.39, 0.29) is 29.1 Å². The van der Waals surface area contributed by atoms with E-state index < -0.39 is 5.97 Å². The summed E-state index contributed by atoms with van der Waals surface area (Å²) in [4.78, 5) is 35.9. The van der Waals surface area contributed by atoms with Gasteiger partial charge in [0.25, 0.3) is 0 Å². The molecule has 0 heterocycles. The van der Waals surface area contributed by atoms with Crippen molar-refractivity contribution >= 4 is 18.2 Å². The fourth-order valence-electron chi connectivity index (χ4n) is 6.75. The lowest BCUT2D eigenvalue weighted by molar-refractivity contribution is -0.153. The summed E-state index contributed by atoms with van der Waals surface area (Å²) < 4.78 is 5.74. The van der Waals surface area contributed by atoms with Crippen molar-refractivity contribution in [3.63, 3.8) is 0 Å². The zero-order valence-electron chi connectivity index (χ0n) is 26.9. The van der Waals surface area contributed by atoms with Crippen molar-refractivity contribution < 1.29 is 24.2 Å². The van der Waals surface area contributed by atoms with E-state index in [9.17, 15) is 14.4 Å². The predicted octanol–water partition coefficient (Wildman–Crippen LogP) is 9.51. The third-order valence-electron chi connectivity index (χ3n) is 9.51. The van der Waals surface area contributed by atoms with Crippen LogP contribution < -0.4 is 0 Å². The summed E-state index contributed by atoms with van der Waals surface area (Å²) >= 11 is 0. The fourth-order valence-corrected chi connectivity index (χ4v) is 6.75. The average Bonchev–Trinajstić information content (AvgIpc) is 2.93. The van der Waals surface area contributed by atoms with E-state index in [1.54, 1.807) is 0 Å². The van der Waals surface area contributed by atoms with E-state index in [4.69, 9.17) is 9.84 Å². The SMILES string of the molecule is CCC(CC)C(=O)O.CCCCC(CC(CC)C(=O)OCCC(C)C)(C1CCCCC1)C(C=O)C(CC)CC. The van der Waals surface area contributed by atoms with Gasteiger partial charge in [0.15, 0.2) is 0 Å². The van der Waals surface area contributed by atoms with Gasteiger partial charge >= 0.3 is 11.9 Å². The first-order valence-corrected chi connectivity index (χ1v) is 16.5. The Morgan fingerprint density at radius 3 is 1.85 bits per heavy atom. The summed E-state index contributed by atoms with van der Waals surface area (Å²) in [6.07, 6.45) is 17.0. The molecule has 0 aromatic carbocycles. The Kier molecular flexibility index (Phi) is 20.6. The second kappa shape index (κ2) is 21.4. The molecule has 39 heavy (non-hydrogen) atoms. The van der Waals surface area contributed by atoms with E-state index in [1.807, 2.05) is 13.8 Å². The molecule has 5 nitrogen and oxygen atoms in total. The summed E-state index contributed by atoms with van der Waals surface area (Å²) in [5, 5.41) is 8.37. The maximum absolute atomic E-state index is 13.1. The predicted molar refractivity (Wildman–Crippen MR) is 163 cm³/mol. The Morgan fingerprint density at radius 1 is 0.897 bits per heavy atom. The molecule has 5 heteroatoms. The highest BCUT2D eigenvalue weighted by Gasteiger charge is 2.49. The summed E-state index contributed by atoms with van der Waals surface area (Å²) in [5.74, 6) is 0.622. The quantitative estimate of drug-likeness (QED) is 0.127. The molecule has 3 unspecified atom stereocenters. The zero-order chi connectivity index (χ0) is 29.8. The van der Waals surface area contributed by atoms with Crippen LogP contribution in [0.5, 0.6) is 0 Å². The summed E-state index contributed by atoms with van der Waals surface area (Å²) in [6.45, 7) is 17.4. The van der Waals surface area contributed by atoms with Crippen LogP contribution in [0.1, 0.15) is 152 Å². The molecule has 0 aliphatic heterocycles. The number of carboxylic acid groups (broad SMARTS) is 1. The first-order valence-electron chi connectivity index (χ1n) is 16.5. The van der Waals surface area contributed by atoms with Gasteiger partial charge in [-0.1, -0.05) is 100 Å². The number of esters is 1. The van der Waals surface area contributed by atoms with Crippen molar-refractivity contribution in [2.45, 2.75) is 152 Å². The molecular formula is C34H64O5. The molecule has 1 fully saturated rings. The minimum absolute atomic E-state index is 0.0333. The van der Waals surface area contributed by atoms with Crippen LogP contribution in [0.25, 0.3) is 0 Å². The number of aldehydes is 1. The molecule has 1 rings (SSSR count). The average molecular weight is 553 g/mol. The van der Waals surface area contributed by atoms with E-state index in [2.05, 4.69) is 41.5 Å². The molecule has 1 aliphatic rings. The highest BCUT2D eigenvalue weighted by molar-refractivity contribution is 5.72. The molecular weight excluding hydrogens is 488 g/mol. The Bertz CT molecular complexity index is 646. The molecule has 1 N–H and O–H groups in total. The van der Waals surface area contributed by atoms with Crippen LogP contribution in [0.3, 0.4) is 0 Å². The van der Waals surface area contributed by atoms with Crippen LogP contribution in [-0.4, -0.2) is 29.9 Å². The van der Waals surface area contributed by atoms with Crippen molar-refractivity contribution in [2.75, 3.05) is 6.61 Å². The van der Waals surface area contributed by atoms with Gasteiger partial charge in [0.05, 0.1) is 18.4 Å². The van der Waals surface area contributed by atoms with Gasteiger partial charge in [0.2, 0.25) is 0 Å². The molecule has 0 radical (unpaired) electrons. The molecule has 1 aliphatic carbocycles. The van der Waals surface area contributed by atoms with Gasteiger partial charge in [-0.05, 0) is 74.5 Å². The number of aliphatic carboxylic acids is 1. The number of hydrogen-bond donors (Lipinski definition) is 1. The lowest BCUT2D eigenvalue weighted by Gasteiger charge is -2.50. The van der Waals surface area contributed by atoms with Crippen LogP contribution in [0, 0.1) is 40.9 Å². The van der Waals surface area contributed by atoms with Crippen LogP contribution in [0.15, 0.2) is 0 Å². The Balaban J connectivity index is 0.00000156. The van der Waals surface area contributed by atoms with Gasteiger partial charge in [-0.15, -0.1) is 0 Å². The largest absolute Gasteiger partial charge is 0.481 e. The number of hydrogen-bond acceptors (Lipinski definition) is 4. The van der Waals surface area contributed by atoms with E-state index in [1.165, 1.54) is 38.4 Å². The van der Waals surface area contributed by atoms with Crippen LogP contribution >= 0.6 is 0 Å². The lowest BCUT2D eigenvalue weighted by Crippen LogP contribution is -2.46. The molecule has 1 saturated carbocycles. The first kappa shape index (κ1) is 37.6. The molecule has 0 aromatic rings. The minimum atomic E-state index is -0.671. The third-order valence-corrected chi connectivity index (χ3v) is 9.51. The van der Waals surface area contributed by atoms with Crippen molar-refractivity contribution in [2.24, 2.45) is 40.9 Å². The highest BCUT2D eigenvalue weighted by atomic mass is 16.5. The minimum Gasteiger partial charge on any atom is -0.481 e. The topological polar surface area (TPSA) is 80.7 Å². The number of rotatable bonds is 19. The molecule has 0 saturated heterocycles. The molecule has 230 valence electrons. The maximum atomic E-state index is 13.1. The Morgan fingerprint density at radius 2 is 1.46 bits per heavy atom. The van der Waals surface area contributed by atoms with Gasteiger partial charge in [-0.2, -0.15) is 0 Å². The smallest absolute Gasteiger partial charge is 0.308 e. The van der Waals surface area contributed by atoms with Crippen molar-refractivity contribution in [3.05, 3.63) is 0 Å². The molecule has 0 amide bonds. The summed E-state index contributed by atoms with van der Waals surface area (Å²) in [5.41, 5.74) is -0.0629. The number of carbonyl (C=O) groups excluding carboxylic acids is 2. The second-order valence-electron chi connectivity index (χ2n) is 12.4. The maximum Gasteiger partial charge on any atom is 0.308 e. The van der Waals surface area contributed by atoms with Crippen LogP contribution in [-0.2, 0) is 19.1 Å². The Labute approximate surface area is 241 Å². The molecule has 0 aromatic heterocycles. The van der Waals surface area contributed by atoms with E-state index in [0.29, 0.717) is 24.4 Å². The van der Waals surface area contributed by atoms with E-state index in [0.717, 1.165) is 64.2 Å². The van der Waals surface area contributed by atoms with Crippen molar-refractivity contribution in [3.8, 4) is 0 Å². The number of carbonyl (C=O) groups is 3. The summed E-state index contributed by atoms with van der Waals surface area (Å²) in [7, 11) is 0. The second-order valence-corrected chi connectivity index (χ2v) is 12.4. The third kappa shape index (κ3) is 12.8. The fraction of sp³-hybridized carbons (Fsp3) is 0.912. The monoisotopic (exact) mass is 552 g/mol. The Hall–Kier alpha value is -1.39. The summed E-state index contributed by atoms with van der Waals surface area (Å²) in [6, 6.07) is 0. The first-order chi connectivity index (χ1) is 18.6. The normalized spacial score (nSPS) is 17.3. The van der Waals surface area contributed by atoms with Crippen molar-refractivity contribution in [1.29, 1.82) is 0 Å². The van der Waals surface area contributed by atoms with Crippen LogP contribution in [0.4, 0.5) is 0 Å². The number of carboxylic acids is 1. The molecule has 3 atom stereocenters. The zero-order valence-corrected chi connectivity index (χ0v) is 26.9. The van der Waals surface area contributed by atoms with Gasteiger partial charge in [0.1, 0.15) is 6.29 Å². The molecule has 0 bridgehead atoms. The highest BCUT2D eigenvalue weighted by Crippen LogP contribution is 2.54. The molecule has 0 spiro atoms. The van der Waals surface area contributed by atoms with Gasteiger partial charge < -0.3 is 14.6 Å². The van der Waals surface area contributed by atoms with E-state index >= 15 is 0 Å². The number of unbranched alkanes of at least 4 members (excludes halogenated alkanes) is 1. The lowest BCUT2D eigenvalue weighted by atomic mass is 9.54. The van der Waals surface area contributed by atoms with Crippen LogP contribution in [0.2, 0.25) is 0 Å². The van der Waals surface area contributed by atoms with Gasteiger partial charge in [0, 0.05) is 5.92 Å². The standard InChI is InChI=1S/C28H52O3.C6H12O2/c1-7-11-18-28(25-15-13-12-14-16-25,26(21-29)23(8-2)9-3)20-24(10-4)27(30)31-19-17-22(5)6;1-3-5(4-2)6(7)8/h21-26H,7-20H2,1-6H3;5H,3-4H2,1-2H3,(H,7,8). The van der Waals surface area contributed by atoms with Gasteiger partial charge in [-0.3, -0.25) is 9.59 Å². The number of ether oxygens (including phenoxy) is 1.